The highest BCUT2D eigenvalue weighted by Crippen LogP contribution is 2.11. The van der Waals surface area contributed by atoms with Crippen molar-refractivity contribution < 1.29 is 5.11 Å². The van der Waals surface area contributed by atoms with Crippen molar-refractivity contribution in [2.75, 3.05) is 26.2 Å². The van der Waals surface area contributed by atoms with Gasteiger partial charge >= 0.3 is 0 Å². The number of benzene rings is 1. The molecule has 2 N–H and O–H groups in total. The minimum absolute atomic E-state index is 0.164. The van der Waals surface area contributed by atoms with Gasteiger partial charge in [0, 0.05) is 19.1 Å². The molecule has 1 fully saturated rings. The van der Waals surface area contributed by atoms with Crippen molar-refractivity contribution in [3.8, 4) is 0 Å². The molecule has 1 aliphatic heterocycles. The first-order valence-electron chi connectivity index (χ1n) is 7.92. The highest BCUT2D eigenvalue weighted by molar-refractivity contribution is 5.14. The lowest BCUT2D eigenvalue weighted by atomic mass is 10.1. The van der Waals surface area contributed by atoms with Crippen LogP contribution in [0.1, 0.15) is 31.7 Å². The van der Waals surface area contributed by atoms with E-state index in [0.29, 0.717) is 6.04 Å². The second-order valence-corrected chi connectivity index (χ2v) is 5.97. The van der Waals surface area contributed by atoms with E-state index in [2.05, 4.69) is 40.5 Å². The van der Waals surface area contributed by atoms with E-state index in [1.54, 1.807) is 0 Å². The Kier molecular flexibility index (Phi) is 6.51. The van der Waals surface area contributed by atoms with Crippen molar-refractivity contribution in [2.45, 2.75) is 44.8 Å². The number of aliphatic hydroxyl groups is 1. The van der Waals surface area contributed by atoms with Crippen LogP contribution in [-0.2, 0) is 6.42 Å². The Bertz CT molecular complexity index is 367. The third kappa shape index (κ3) is 5.61. The second-order valence-electron chi connectivity index (χ2n) is 5.97. The maximum absolute atomic E-state index is 9.23. The highest BCUT2D eigenvalue weighted by Gasteiger charge is 2.21. The summed E-state index contributed by atoms with van der Waals surface area (Å²) in [6.45, 7) is 6.43. The minimum atomic E-state index is -0.164. The summed E-state index contributed by atoms with van der Waals surface area (Å²) in [5, 5.41) is 12.8. The predicted octanol–water partition coefficient (Wildman–Crippen LogP) is 2.05. The number of hydrogen-bond acceptors (Lipinski definition) is 3. The van der Waals surface area contributed by atoms with E-state index in [-0.39, 0.29) is 6.10 Å². The number of hydrogen-bond donors (Lipinski definition) is 2. The van der Waals surface area contributed by atoms with Gasteiger partial charge in [0.1, 0.15) is 0 Å². The summed E-state index contributed by atoms with van der Waals surface area (Å²) in [4.78, 5) is 2.55. The monoisotopic (exact) mass is 276 g/mol. The van der Waals surface area contributed by atoms with Crippen LogP contribution < -0.4 is 5.32 Å². The lowest BCUT2D eigenvalue weighted by Crippen LogP contribution is -2.34. The van der Waals surface area contributed by atoms with Gasteiger partial charge in [0.2, 0.25) is 0 Å². The highest BCUT2D eigenvalue weighted by atomic mass is 16.3. The third-order valence-electron chi connectivity index (χ3n) is 4.06. The van der Waals surface area contributed by atoms with Crippen molar-refractivity contribution in [1.82, 2.24) is 10.2 Å². The van der Waals surface area contributed by atoms with Crippen LogP contribution in [0.4, 0.5) is 0 Å². The van der Waals surface area contributed by atoms with Gasteiger partial charge in [0.15, 0.2) is 0 Å². The zero-order valence-electron chi connectivity index (χ0n) is 12.6. The van der Waals surface area contributed by atoms with Gasteiger partial charge < -0.3 is 15.3 Å². The molecule has 0 aromatic heterocycles. The van der Waals surface area contributed by atoms with Crippen LogP contribution in [-0.4, -0.2) is 48.3 Å². The van der Waals surface area contributed by atoms with Crippen LogP contribution in [0.3, 0.4) is 0 Å². The van der Waals surface area contributed by atoms with Crippen molar-refractivity contribution in [1.29, 1.82) is 0 Å². The summed E-state index contributed by atoms with van der Waals surface area (Å²) in [5.41, 5.74) is 1.43. The smallest absolute Gasteiger partial charge is 0.0512 e. The van der Waals surface area contributed by atoms with Gasteiger partial charge in [-0.25, -0.2) is 0 Å². The number of nitrogens with one attached hydrogen (secondary N) is 1. The largest absolute Gasteiger partial charge is 0.393 e. The SMILES string of the molecule is CC(O)CCCNC1CCN(CCc2ccccc2)C1. The molecule has 1 aliphatic rings. The average molecular weight is 276 g/mol. The van der Waals surface area contributed by atoms with Gasteiger partial charge in [-0.05, 0) is 51.3 Å². The lowest BCUT2D eigenvalue weighted by molar-refractivity contribution is 0.181. The topological polar surface area (TPSA) is 35.5 Å². The van der Waals surface area contributed by atoms with Crippen LogP contribution in [0, 0.1) is 0 Å². The molecule has 3 nitrogen and oxygen atoms in total. The lowest BCUT2D eigenvalue weighted by Gasteiger charge is -2.17. The van der Waals surface area contributed by atoms with Crippen LogP contribution in [0.25, 0.3) is 0 Å². The summed E-state index contributed by atoms with van der Waals surface area (Å²) in [5.74, 6) is 0. The molecule has 1 aromatic carbocycles. The number of nitrogens with zero attached hydrogens (tertiary/aromatic N) is 1. The van der Waals surface area contributed by atoms with E-state index >= 15 is 0 Å². The molecule has 0 amide bonds. The van der Waals surface area contributed by atoms with E-state index in [0.717, 1.165) is 32.4 Å². The molecule has 112 valence electrons. The number of likely N-dealkylation sites (tertiary alicyclic amines) is 1. The standard InChI is InChI=1S/C17H28N2O/c1-15(20)6-5-11-18-17-10-13-19(14-17)12-9-16-7-3-2-4-8-16/h2-4,7-8,15,17-18,20H,5-6,9-14H2,1H3. The Hall–Kier alpha value is -0.900. The quantitative estimate of drug-likeness (QED) is 0.713. The summed E-state index contributed by atoms with van der Waals surface area (Å²) in [6, 6.07) is 11.4. The molecule has 0 bridgehead atoms. The Morgan fingerprint density at radius 1 is 1.35 bits per heavy atom. The maximum Gasteiger partial charge on any atom is 0.0512 e. The Morgan fingerprint density at radius 2 is 2.15 bits per heavy atom. The third-order valence-corrected chi connectivity index (χ3v) is 4.06. The van der Waals surface area contributed by atoms with Gasteiger partial charge in [-0.15, -0.1) is 0 Å². The molecule has 3 heteroatoms. The van der Waals surface area contributed by atoms with Crippen molar-refractivity contribution in [3.63, 3.8) is 0 Å². The molecule has 2 rings (SSSR count). The Labute approximate surface area is 123 Å². The summed E-state index contributed by atoms with van der Waals surface area (Å²) >= 11 is 0. The van der Waals surface area contributed by atoms with Crippen molar-refractivity contribution in [2.24, 2.45) is 0 Å². The minimum Gasteiger partial charge on any atom is -0.393 e. The molecule has 20 heavy (non-hydrogen) atoms. The summed E-state index contributed by atoms with van der Waals surface area (Å²) in [6.07, 6.45) is 4.21. The molecule has 1 heterocycles. The van der Waals surface area contributed by atoms with Crippen molar-refractivity contribution in [3.05, 3.63) is 35.9 Å². The first-order chi connectivity index (χ1) is 9.74. The maximum atomic E-state index is 9.23. The molecule has 0 spiro atoms. The first-order valence-corrected chi connectivity index (χ1v) is 7.92. The van der Waals surface area contributed by atoms with E-state index < -0.39 is 0 Å². The molecule has 0 radical (unpaired) electrons. The molecular weight excluding hydrogens is 248 g/mol. The van der Waals surface area contributed by atoms with E-state index in [1.165, 1.54) is 25.1 Å². The fourth-order valence-electron chi connectivity index (χ4n) is 2.84. The summed E-state index contributed by atoms with van der Waals surface area (Å²) < 4.78 is 0. The van der Waals surface area contributed by atoms with Gasteiger partial charge in [-0.1, -0.05) is 30.3 Å². The first kappa shape index (κ1) is 15.5. The van der Waals surface area contributed by atoms with Gasteiger partial charge in [0.05, 0.1) is 6.10 Å². The van der Waals surface area contributed by atoms with Crippen LogP contribution in [0.15, 0.2) is 30.3 Å². The van der Waals surface area contributed by atoms with Crippen LogP contribution in [0.2, 0.25) is 0 Å². The van der Waals surface area contributed by atoms with Gasteiger partial charge in [0.25, 0.3) is 0 Å². The van der Waals surface area contributed by atoms with Gasteiger partial charge in [-0.3, -0.25) is 0 Å². The van der Waals surface area contributed by atoms with E-state index in [1.807, 2.05) is 6.92 Å². The molecule has 1 saturated heterocycles. The molecule has 0 aliphatic carbocycles. The molecule has 1 aromatic rings. The van der Waals surface area contributed by atoms with Crippen LogP contribution in [0.5, 0.6) is 0 Å². The normalized spacial score (nSPS) is 21.2. The molecular formula is C17H28N2O. The van der Waals surface area contributed by atoms with E-state index in [9.17, 15) is 5.11 Å². The predicted molar refractivity (Wildman–Crippen MR) is 83.9 cm³/mol. The van der Waals surface area contributed by atoms with E-state index in [4.69, 9.17) is 0 Å². The fourth-order valence-corrected chi connectivity index (χ4v) is 2.84. The van der Waals surface area contributed by atoms with Crippen molar-refractivity contribution >= 4 is 0 Å². The Balaban J connectivity index is 1.58. The molecule has 2 unspecified atom stereocenters. The summed E-state index contributed by atoms with van der Waals surface area (Å²) in [7, 11) is 0. The second kappa shape index (κ2) is 8.40. The molecule has 0 saturated carbocycles. The zero-order chi connectivity index (χ0) is 14.2. The number of rotatable bonds is 8. The van der Waals surface area contributed by atoms with Gasteiger partial charge in [-0.2, -0.15) is 0 Å². The average Bonchev–Trinajstić information content (AvgIpc) is 2.90. The fraction of sp³-hybridized carbons (Fsp3) is 0.647. The molecule has 2 atom stereocenters. The van der Waals surface area contributed by atoms with Crippen LogP contribution >= 0.6 is 0 Å². The number of aliphatic hydroxyl groups excluding tert-OH is 1. The zero-order valence-corrected chi connectivity index (χ0v) is 12.6. The Morgan fingerprint density at radius 3 is 2.90 bits per heavy atom.